The minimum absolute atomic E-state index is 0.00808. The van der Waals surface area contributed by atoms with E-state index in [9.17, 15) is 9.18 Å². The van der Waals surface area contributed by atoms with Crippen molar-refractivity contribution < 1.29 is 18.7 Å². The first-order chi connectivity index (χ1) is 12.8. The second kappa shape index (κ2) is 7.99. The van der Waals surface area contributed by atoms with E-state index < -0.39 is 5.82 Å². The van der Waals surface area contributed by atoms with Crippen molar-refractivity contribution in [3.8, 4) is 11.5 Å². The first kappa shape index (κ1) is 19.2. The largest absolute Gasteiger partial charge is 0.491 e. The van der Waals surface area contributed by atoms with Gasteiger partial charge in [-0.15, -0.1) is 0 Å². The number of carbonyl (C=O) groups excluding carboxylic acids is 1. The molecule has 0 radical (unpaired) electrons. The van der Waals surface area contributed by atoms with Crippen LogP contribution in [0.5, 0.6) is 11.5 Å². The Labute approximate surface area is 159 Å². The summed E-state index contributed by atoms with van der Waals surface area (Å²) in [7, 11) is 0. The minimum atomic E-state index is -0.398. The molecule has 0 aliphatic carbocycles. The van der Waals surface area contributed by atoms with Crippen molar-refractivity contribution in [3.05, 3.63) is 59.9 Å². The van der Waals surface area contributed by atoms with Gasteiger partial charge in [0, 0.05) is 12.1 Å². The molecule has 2 aromatic rings. The predicted molar refractivity (Wildman–Crippen MR) is 103 cm³/mol. The van der Waals surface area contributed by atoms with Gasteiger partial charge in [-0.2, -0.15) is 0 Å². The van der Waals surface area contributed by atoms with E-state index in [0.717, 1.165) is 24.3 Å². The van der Waals surface area contributed by atoms with Crippen molar-refractivity contribution in [1.29, 1.82) is 0 Å². The fourth-order valence-electron chi connectivity index (χ4n) is 3.21. The number of halogens is 1. The number of hydrogen-bond acceptors (Lipinski definition) is 3. The molecule has 0 N–H and O–H groups in total. The standard InChI is InChI=1S/C22H26FNO3/c1-22(2,3)27-20-11-9-19(10-12-20)26-15-18-8-5-13-24(18)21(25)16-6-4-7-17(23)14-16/h4,6-7,9-12,14,18H,5,8,13,15H2,1-3H3/t18-/m0/s1. The highest BCUT2D eigenvalue weighted by atomic mass is 19.1. The lowest BCUT2D eigenvalue weighted by Crippen LogP contribution is -2.39. The molecule has 0 unspecified atom stereocenters. The van der Waals surface area contributed by atoms with Gasteiger partial charge in [0.25, 0.3) is 5.91 Å². The molecule has 5 heteroatoms. The molecule has 27 heavy (non-hydrogen) atoms. The molecule has 0 bridgehead atoms. The lowest BCUT2D eigenvalue weighted by Gasteiger charge is -2.25. The monoisotopic (exact) mass is 371 g/mol. The number of likely N-dealkylation sites (tertiary alicyclic amines) is 1. The van der Waals surface area contributed by atoms with E-state index in [1.807, 2.05) is 45.0 Å². The molecule has 4 nitrogen and oxygen atoms in total. The molecule has 1 saturated heterocycles. The zero-order valence-electron chi connectivity index (χ0n) is 16.1. The summed E-state index contributed by atoms with van der Waals surface area (Å²) in [5.41, 5.74) is 0.134. The Kier molecular flexibility index (Phi) is 5.68. The predicted octanol–water partition coefficient (Wildman–Crippen LogP) is 4.69. The average molecular weight is 371 g/mol. The number of rotatable bonds is 5. The van der Waals surface area contributed by atoms with E-state index in [1.54, 1.807) is 17.0 Å². The number of amides is 1. The molecular weight excluding hydrogens is 345 g/mol. The van der Waals surface area contributed by atoms with Crippen molar-refractivity contribution in [3.63, 3.8) is 0 Å². The molecule has 2 aromatic carbocycles. The summed E-state index contributed by atoms with van der Waals surface area (Å²) in [6.45, 7) is 7.09. The van der Waals surface area contributed by atoms with Crippen molar-refractivity contribution in [2.75, 3.05) is 13.2 Å². The van der Waals surface area contributed by atoms with Crippen LogP contribution < -0.4 is 9.47 Å². The third kappa shape index (κ3) is 5.22. The van der Waals surface area contributed by atoms with Crippen LogP contribution in [-0.4, -0.2) is 35.6 Å². The Balaban J connectivity index is 1.59. The summed E-state index contributed by atoms with van der Waals surface area (Å²) < 4.78 is 25.1. The van der Waals surface area contributed by atoms with Gasteiger partial charge in [0.1, 0.15) is 29.5 Å². The van der Waals surface area contributed by atoms with Gasteiger partial charge in [0.05, 0.1) is 6.04 Å². The quantitative estimate of drug-likeness (QED) is 0.766. The fraction of sp³-hybridized carbons (Fsp3) is 0.409. The first-order valence-corrected chi connectivity index (χ1v) is 9.30. The number of hydrogen-bond donors (Lipinski definition) is 0. The molecule has 1 amide bonds. The van der Waals surface area contributed by atoms with Crippen LogP contribution in [0.1, 0.15) is 44.0 Å². The highest BCUT2D eigenvalue weighted by molar-refractivity contribution is 5.94. The van der Waals surface area contributed by atoms with Gasteiger partial charge in [0.15, 0.2) is 0 Å². The summed E-state index contributed by atoms with van der Waals surface area (Å²) in [5.74, 6) is 0.986. The number of benzene rings is 2. The molecule has 3 rings (SSSR count). The highest BCUT2D eigenvalue weighted by Gasteiger charge is 2.30. The Morgan fingerprint density at radius 1 is 1.15 bits per heavy atom. The maximum atomic E-state index is 13.4. The Morgan fingerprint density at radius 3 is 2.52 bits per heavy atom. The molecule has 1 heterocycles. The second-order valence-corrected chi connectivity index (χ2v) is 7.80. The Bertz CT molecular complexity index is 783. The summed E-state index contributed by atoms with van der Waals surface area (Å²) >= 11 is 0. The molecule has 1 aliphatic heterocycles. The smallest absolute Gasteiger partial charge is 0.254 e. The van der Waals surface area contributed by atoms with Crippen LogP contribution in [0, 0.1) is 5.82 Å². The van der Waals surface area contributed by atoms with E-state index >= 15 is 0 Å². The van der Waals surface area contributed by atoms with Crippen molar-refractivity contribution >= 4 is 5.91 Å². The third-order valence-corrected chi connectivity index (χ3v) is 4.40. The lowest BCUT2D eigenvalue weighted by molar-refractivity contribution is 0.0691. The Hall–Kier alpha value is -2.56. The summed E-state index contributed by atoms with van der Waals surface area (Å²) in [6.07, 6.45) is 1.81. The molecule has 0 aromatic heterocycles. The maximum absolute atomic E-state index is 13.4. The number of carbonyl (C=O) groups is 1. The summed E-state index contributed by atoms with van der Waals surface area (Å²) in [5, 5.41) is 0. The third-order valence-electron chi connectivity index (χ3n) is 4.40. The molecule has 0 spiro atoms. The SMILES string of the molecule is CC(C)(C)Oc1ccc(OC[C@@H]2CCCN2C(=O)c2cccc(F)c2)cc1. The van der Waals surface area contributed by atoms with Crippen LogP contribution >= 0.6 is 0 Å². The van der Waals surface area contributed by atoms with Crippen LogP contribution in [-0.2, 0) is 0 Å². The van der Waals surface area contributed by atoms with Crippen molar-refractivity contribution in [2.45, 2.75) is 45.3 Å². The first-order valence-electron chi connectivity index (χ1n) is 9.30. The van der Waals surface area contributed by atoms with Gasteiger partial charge >= 0.3 is 0 Å². The Morgan fingerprint density at radius 2 is 1.85 bits per heavy atom. The van der Waals surface area contributed by atoms with Gasteiger partial charge in [-0.1, -0.05) is 6.07 Å². The number of ether oxygens (including phenoxy) is 2. The normalized spacial score (nSPS) is 17.0. The summed E-state index contributed by atoms with van der Waals surface area (Å²) in [6, 6.07) is 13.3. The maximum Gasteiger partial charge on any atom is 0.254 e. The molecular formula is C22H26FNO3. The fourth-order valence-corrected chi connectivity index (χ4v) is 3.21. The number of nitrogens with zero attached hydrogens (tertiary/aromatic N) is 1. The van der Waals surface area contributed by atoms with Gasteiger partial charge in [-0.3, -0.25) is 4.79 Å². The van der Waals surface area contributed by atoms with E-state index in [1.165, 1.54) is 12.1 Å². The lowest BCUT2D eigenvalue weighted by atomic mass is 10.1. The average Bonchev–Trinajstić information content (AvgIpc) is 3.08. The van der Waals surface area contributed by atoms with Crippen LogP contribution in [0.25, 0.3) is 0 Å². The molecule has 1 fully saturated rings. The molecule has 144 valence electrons. The zero-order chi connectivity index (χ0) is 19.4. The van der Waals surface area contributed by atoms with Crippen LogP contribution in [0.15, 0.2) is 48.5 Å². The van der Waals surface area contributed by atoms with E-state index in [4.69, 9.17) is 9.47 Å². The molecule has 1 aliphatic rings. The summed E-state index contributed by atoms with van der Waals surface area (Å²) in [4.78, 5) is 14.5. The van der Waals surface area contributed by atoms with Gasteiger partial charge in [-0.25, -0.2) is 4.39 Å². The van der Waals surface area contributed by atoms with E-state index in [-0.39, 0.29) is 17.6 Å². The van der Waals surface area contributed by atoms with Gasteiger partial charge in [-0.05, 0) is 76.1 Å². The molecule has 0 saturated carbocycles. The highest BCUT2D eigenvalue weighted by Crippen LogP contribution is 2.24. The van der Waals surface area contributed by atoms with Crippen LogP contribution in [0.4, 0.5) is 4.39 Å². The van der Waals surface area contributed by atoms with Crippen molar-refractivity contribution in [2.24, 2.45) is 0 Å². The van der Waals surface area contributed by atoms with Crippen LogP contribution in [0.2, 0.25) is 0 Å². The zero-order valence-corrected chi connectivity index (χ0v) is 16.1. The van der Waals surface area contributed by atoms with Gasteiger partial charge < -0.3 is 14.4 Å². The second-order valence-electron chi connectivity index (χ2n) is 7.80. The van der Waals surface area contributed by atoms with Crippen LogP contribution in [0.3, 0.4) is 0 Å². The topological polar surface area (TPSA) is 38.8 Å². The van der Waals surface area contributed by atoms with E-state index in [2.05, 4.69) is 0 Å². The minimum Gasteiger partial charge on any atom is -0.491 e. The van der Waals surface area contributed by atoms with E-state index in [0.29, 0.717) is 18.7 Å². The van der Waals surface area contributed by atoms with Crippen molar-refractivity contribution in [1.82, 2.24) is 4.90 Å². The van der Waals surface area contributed by atoms with Gasteiger partial charge in [0.2, 0.25) is 0 Å². The molecule has 1 atom stereocenters.